The van der Waals surface area contributed by atoms with Crippen LogP contribution in [0.25, 0.3) is 0 Å². The van der Waals surface area contributed by atoms with Crippen molar-refractivity contribution < 1.29 is 4.74 Å². The normalized spacial score (nSPS) is 16.5. The lowest BCUT2D eigenvalue weighted by molar-refractivity contribution is 0.110. The van der Waals surface area contributed by atoms with Crippen LogP contribution in [0.1, 0.15) is 17.2 Å². The highest BCUT2D eigenvalue weighted by atomic mass is 16.5. The van der Waals surface area contributed by atoms with Gasteiger partial charge in [-0.3, -0.25) is 9.80 Å². The molecule has 130 valence electrons. The van der Waals surface area contributed by atoms with Crippen LogP contribution in [0.4, 0.5) is 0 Å². The molecule has 0 amide bonds. The second kappa shape index (κ2) is 7.77. The van der Waals surface area contributed by atoms with Gasteiger partial charge in [0.15, 0.2) is 0 Å². The Hall–Kier alpha value is -1.92. The van der Waals surface area contributed by atoms with Crippen molar-refractivity contribution in [2.75, 3.05) is 39.3 Å². The van der Waals surface area contributed by atoms with E-state index in [1.54, 1.807) is 0 Å². The molecule has 1 aromatic heterocycles. The van der Waals surface area contributed by atoms with Crippen molar-refractivity contribution in [1.29, 1.82) is 0 Å². The maximum Gasteiger partial charge on any atom is 0.146 e. The summed E-state index contributed by atoms with van der Waals surface area (Å²) in [7, 11) is 2.03. The Kier molecular flexibility index (Phi) is 5.48. The van der Waals surface area contributed by atoms with E-state index in [-0.39, 0.29) is 0 Å². The van der Waals surface area contributed by atoms with Gasteiger partial charge >= 0.3 is 0 Å². The van der Waals surface area contributed by atoms with Crippen LogP contribution in [-0.2, 0) is 13.6 Å². The van der Waals surface area contributed by atoms with Gasteiger partial charge in [0.2, 0.25) is 0 Å². The van der Waals surface area contributed by atoms with Gasteiger partial charge in [-0.25, -0.2) is 0 Å². The summed E-state index contributed by atoms with van der Waals surface area (Å²) in [6.45, 7) is 11.0. The number of aromatic nitrogens is 3. The van der Waals surface area contributed by atoms with Gasteiger partial charge in [0.05, 0.1) is 6.54 Å². The molecule has 0 aliphatic carbocycles. The highest BCUT2D eigenvalue weighted by molar-refractivity contribution is 5.26. The Bertz CT molecular complexity index is 644. The fourth-order valence-electron chi connectivity index (χ4n) is 2.89. The number of benzene rings is 1. The smallest absolute Gasteiger partial charge is 0.146 e. The van der Waals surface area contributed by atoms with E-state index in [1.165, 1.54) is 5.56 Å². The fraction of sp³-hybridized carbons (Fsp3) is 0.556. The molecule has 2 heterocycles. The van der Waals surface area contributed by atoms with Crippen molar-refractivity contribution in [1.82, 2.24) is 24.6 Å². The summed E-state index contributed by atoms with van der Waals surface area (Å²) in [5, 5.41) is 8.39. The molecule has 1 aliphatic rings. The van der Waals surface area contributed by atoms with Gasteiger partial charge < -0.3 is 9.30 Å². The quantitative estimate of drug-likeness (QED) is 0.806. The molecule has 0 bridgehead atoms. The molecule has 1 fully saturated rings. The lowest BCUT2D eigenvalue weighted by Crippen LogP contribution is -2.47. The lowest BCUT2D eigenvalue weighted by Gasteiger charge is -2.34. The average molecular weight is 329 g/mol. The molecule has 24 heavy (non-hydrogen) atoms. The second-order valence-electron chi connectivity index (χ2n) is 6.50. The molecular formula is C18H27N5O. The van der Waals surface area contributed by atoms with Crippen molar-refractivity contribution in [2.45, 2.75) is 20.4 Å². The number of nitrogens with zero attached hydrogens (tertiary/aromatic N) is 5. The minimum Gasteiger partial charge on any atom is -0.492 e. The minimum absolute atomic E-state index is 0.742. The number of rotatable bonds is 6. The summed E-state index contributed by atoms with van der Waals surface area (Å²) >= 11 is 0. The number of hydrogen-bond donors (Lipinski definition) is 0. The van der Waals surface area contributed by atoms with Gasteiger partial charge in [-0.05, 0) is 26.0 Å². The van der Waals surface area contributed by atoms with Gasteiger partial charge in [-0.2, -0.15) is 0 Å². The summed E-state index contributed by atoms with van der Waals surface area (Å²) in [6.07, 6.45) is 0. The van der Waals surface area contributed by atoms with Crippen LogP contribution in [0, 0.1) is 13.8 Å². The van der Waals surface area contributed by atoms with Gasteiger partial charge in [-0.1, -0.05) is 17.7 Å². The molecule has 0 atom stereocenters. The first-order valence-corrected chi connectivity index (χ1v) is 8.61. The molecule has 0 saturated carbocycles. The number of piperazine rings is 1. The van der Waals surface area contributed by atoms with Crippen LogP contribution in [0.3, 0.4) is 0 Å². The standard InChI is InChI=1S/C18H27N5O/c1-15-4-6-17(7-5-15)24-13-12-22-8-10-23(11-9-22)14-18-20-19-16(2)21(18)3/h4-7H,8-14H2,1-3H3. The van der Waals surface area contributed by atoms with Crippen LogP contribution in [0.2, 0.25) is 0 Å². The molecule has 1 aromatic carbocycles. The van der Waals surface area contributed by atoms with Crippen molar-refractivity contribution in [3.8, 4) is 5.75 Å². The fourth-order valence-corrected chi connectivity index (χ4v) is 2.89. The zero-order valence-electron chi connectivity index (χ0n) is 14.9. The first-order valence-electron chi connectivity index (χ1n) is 8.61. The molecule has 6 nitrogen and oxygen atoms in total. The van der Waals surface area contributed by atoms with Crippen LogP contribution >= 0.6 is 0 Å². The van der Waals surface area contributed by atoms with E-state index in [0.717, 1.165) is 63.3 Å². The van der Waals surface area contributed by atoms with Crippen molar-refractivity contribution in [3.05, 3.63) is 41.5 Å². The van der Waals surface area contributed by atoms with Crippen LogP contribution in [0.15, 0.2) is 24.3 Å². The number of hydrogen-bond acceptors (Lipinski definition) is 5. The molecular weight excluding hydrogens is 302 g/mol. The summed E-state index contributed by atoms with van der Waals surface area (Å²) in [5.74, 6) is 2.97. The zero-order chi connectivity index (χ0) is 16.9. The van der Waals surface area contributed by atoms with E-state index < -0.39 is 0 Å². The summed E-state index contributed by atoms with van der Waals surface area (Å²) in [6, 6.07) is 8.25. The lowest BCUT2D eigenvalue weighted by atomic mass is 10.2. The predicted octanol–water partition coefficient (Wildman–Crippen LogP) is 1.63. The van der Waals surface area contributed by atoms with Crippen LogP contribution < -0.4 is 4.74 Å². The Morgan fingerprint density at radius 1 is 0.958 bits per heavy atom. The second-order valence-corrected chi connectivity index (χ2v) is 6.50. The summed E-state index contributed by atoms with van der Waals surface area (Å²) in [5.41, 5.74) is 1.26. The van der Waals surface area contributed by atoms with Crippen molar-refractivity contribution in [2.24, 2.45) is 7.05 Å². The molecule has 6 heteroatoms. The molecule has 1 aliphatic heterocycles. The monoisotopic (exact) mass is 329 g/mol. The third kappa shape index (κ3) is 4.33. The van der Waals surface area contributed by atoms with E-state index in [4.69, 9.17) is 4.74 Å². The summed E-state index contributed by atoms with van der Waals surface area (Å²) < 4.78 is 7.90. The van der Waals surface area contributed by atoms with Crippen molar-refractivity contribution >= 4 is 0 Å². The molecule has 1 saturated heterocycles. The number of aryl methyl sites for hydroxylation is 2. The Labute approximate surface area is 144 Å². The van der Waals surface area contributed by atoms with Crippen LogP contribution in [0.5, 0.6) is 5.75 Å². The molecule has 2 aromatic rings. The zero-order valence-corrected chi connectivity index (χ0v) is 14.9. The molecule has 0 unspecified atom stereocenters. The van der Waals surface area contributed by atoms with Crippen LogP contribution in [-0.4, -0.2) is 63.9 Å². The molecule has 0 spiro atoms. The predicted molar refractivity (Wildman–Crippen MR) is 94.1 cm³/mol. The van der Waals surface area contributed by atoms with Gasteiger partial charge in [0, 0.05) is 39.8 Å². The third-order valence-corrected chi connectivity index (χ3v) is 4.71. The van der Waals surface area contributed by atoms with E-state index >= 15 is 0 Å². The van der Waals surface area contributed by atoms with Crippen molar-refractivity contribution in [3.63, 3.8) is 0 Å². The highest BCUT2D eigenvalue weighted by Crippen LogP contribution is 2.12. The first-order chi connectivity index (χ1) is 11.6. The van der Waals surface area contributed by atoms with E-state index in [2.05, 4.69) is 43.6 Å². The van der Waals surface area contributed by atoms with E-state index in [9.17, 15) is 0 Å². The number of ether oxygens (including phenoxy) is 1. The minimum atomic E-state index is 0.742. The maximum atomic E-state index is 5.83. The van der Waals surface area contributed by atoms with E-state index in [1.807, 2.05) is 26.1 Å². The Morgan fingerprint density at radius 2 is 1.62 bits per heavy atom. The topological polar surface area (TPSA) is 46.4 Å². The SMILES string of the molecule is Cc1ccc(OCCN2CCN(Cc3nnc(C)n3C)CC2)cc1. The molecule has 3 rings (SSSR count). The Morgan fingerprint density at radius 3 is 2.25 bits per heavy atom. The van der Waals surface area contributed by atoms with Gasteiger partial charge in [-0.15, -0.1) is 10.2 Å². The van der Waals surface area contributed by atoms with Gasteiger partial charge in [0.25, 0.3) is 0 Å². The highest BCUT2D eigenvalue weighted by Gasteiger charge is 2.18. The Balaban J connectivity index is 1.37. The summed E-state index contributed by atoms with van der Waals surface area (Å²) in [4.78, 5) is 4.91. The third-order valence-electron chi connectivity index (χ3n) is 4.71. The first kappa shape index (κ1) is 16.9. The molecule has 0 N–H and O–H groups in total. The van der Waals surface area contributed by atoms with Gasteiger partial charge in [0.1, 0.15) is 24.0 Å². The average Bonchev–Trinajstić information content (AvgIpc) is 2.90. The largest absolute Gasteiger partial charge is 0.492 e. The molecule has 0 radical (unpaired) electrons. The van der Waals surface area contributed by atoms with E-state index in [0.29, 0.717) is 0 Å². The maximum absolute atomic E-state index is 5.83.